The SMILES string of the molecule is Cc1cc(S(=O)(=O)O)c(C(C)C)cc1OS(=O)(=O)c1c(-c2cc3ccc2o3)cc(C2CC3CCC2O3)cc1-c1cc2ccc1o2. The summed E-state index contributed by atoms with van der Waals surface area (Å²) in [5.41, 5.74) is 5.90. The van der Waals surface area contributed by atoms with E-state index in [2.05, 4.69) is 0 Å². The van der Waals surface area contributed by atoms with E-state index in [0.29, 0.717) is 44.6 Å². The molecular weight excluding hydrogens is 616 g/mol. The van der Waals surface area contributed by atoms with Crippen molar-refractivity contribution in [1.82, 2.24) is 0 Å². The predicted molar refractivity (Wildman–Crippen MR) is 167 cm³/mol. The number of benzene rings is 4. The molecule has 2 aromatic carbocycles. The molecule has 232 valence electrons. The van der Waals surface area contributed by atoms with Crippen molar-refractivity contribution in [3.63, 3.8) is 0 Å². The molecule has 2 fully saturated rings. The third-order valence-electron chi connectivity index (χ3n) is 9.24. The van der Waals surface area contributed by atoms with Gasteiger partial charge in [0, 0.05) is 28.2 Å². The van der Waals surface area contributed by atoms with Crippen molar-refractivity contribution in [2.24, 2.45) is 0 Å². The zero-order valence-corrected chi connectivity index (χ0v) is 26.4. The highest BCUT2D eigenvalue weighted by Crippen LogP contribution is 2.50. The molecular formula is C34H30O9S2. The Bertz CT molecular complexity index is 2230. The summed E-state index contributed by atoms with van der Waals surface area (Å²) in [7, 11) is -9.13. The second-order valence-electron chi connectivity index (χ2n) is 12.5. The molecule has 0 saturated carbocycles. The van der Waals surface area contributed by atoms with Gasteiger partial charge in [-0.1, -0.05) is 13.8 Å². The lowest BCUT2D eigenvalue weighted by Gasteiger charge is -2.23. The Morgan fingerprint density at radius 2 is 1.44 bits per heavy atom. The van der Waals surface area contributed by atoms with Gasteiger partial charge < -0.3 is 17.8 Å². The topological polar surface area (TPSA) is 133 Å². The van der Waals surface area contributed by atoms with E-state index in [1.807, 2.05) is 48.5 Å². The predicted octanol–water partition coefficient (Wildman–Crippen LogP) is 7.87. The number of ether oxygens (including phenoxy) is 1. The summed E-state index contributed by atoms with van der Waals surface area (Å²) in [5, 5.41) is 0. The Morgan fingerprint density at radius 3 is 1.89 bits per heavy atom. The van der Waals surface area contributed by atoms with Crippen LogP contribution in [0.5, 0.6) is 5.75 Å². The minimum Gasteiger partial charge on any atom is -0.457 e. The maximum atomic E-state index is 14.6. The minimum absolute atomic E-state index is 0.0335. The van der Waals surface area contributed by atoms with Gasteiger partial charge in [-0.25, -0.2) is 0 Å². The summed E-state index contributed by atoms with van der Waals surface area (Å²) < 4.78 is 87.3. The first kappa shape index (κ1) is 28.6. The number of aryl methyl sites for hydroxylation is 1. The fourth-order valence-corrected chi connectivity index (χ4v) is 9.42. The van der Waals surface area contributed by atoms with Crippen LogP contribution in [0.25, 0.3) is 44.6 Å². The van der Waals surface area contributed by atoms with Crippen LogP contribution in [0.4, 0.5) is 0 Å². The highest BCUT2D eigenvalue weighted by atomic mass is 32.2. The first-order valence-corrected chi connectivity index (χ1v) is 17.7. The lowest BCUT2D eigenvalue weighted by Crippen LogP contribution is -2.17. The van der Waals surface area contributed by atoms with E-state index in [-0.39, 0.29) is 50.7 Å². The van der Waals surface area contributed by atoms with Gasteiger partial charge in [0.1, 0.15) is 33.0 Å². The van der Waals surface area contributed by atoms with Crippen molar-refractivity contribution in [2.45, 2.75) is 73.9 Å². The van der Waals surface area contributed by atoms with Crippen LogP contribution < -0.4 is 4.18 Å². The normalized spacial score (nSPS) is 20.4. The zero-order valence-electron chi connectivity index (χ0n) is 24.7. The van der Waals surface area contributed by atoms with Crippen molar-refractivity contribution < 1.29 is 39.1 Å². The monoisotopic (exact) mass is 646 g/mol. The molecule has 8 rings (SSSR count). The molecule has 6 aromatic rings. The van der Waals surface area contributed by atoms with Gasteiger partial charge in [0.2, 0.25) is 0 Å². The molecule has 11 heteroatoms. The molecule has 45 heavy (non-hydrogen) atoms. The van der Waals surface area contributed by atoms with Crippen molar-refractivity contribution in [2.75, 3.05) is 0 Å². The molecule has 4 aromatic heterocycles. The van der Waals surface area contributed by atoms with Crippen molar-refractivity contribution >= 4 is 42.6 Å². The van der Waals surface area contributed by atoms with Gasteiger partial charge in [-0.2, -0.15) is 16.8 Å². The summed E-state index contributed by atoms with van der Waals surface area (Å²) in [4.78, 5) is -0.333. The minimum atomic E-state index is -4.58. The van der Waals surface area contributed by atoms with E-state index >= 15 is 0 Å². The number of rotatable bonds is 8. The fraction of sp³-hybridized carbons (Fsp3) is 0.294. The van der Waals surface area contributed by atoms with Crippen LogP contribution in [0.2, 0.25) is 0 Å². The highest BCUT2D eigenvalue weighted by molar-refractivity contribution is 7.87. The molecule has 3 atom stereocenters. The highest BCUT2D eigenvalue weighted by Gasteiger charge is 2.42. The molecule has 0 radical (unpaired) electrons. The summed E-state index contributed by atoms with van der Waals surface area (Å²) in [5.74, 6) is -0.284. The summed E-state index contributed by atoms with van der Waals surface area (Å²) in [6.45, 7) is 5.04. The van der Waals surface area contributed by atoms with Crippen LogP contribution in [-0.2, 0) is 25.0 Å². The van der Waals surface area contributed by atoms with Crippen molar-refractivity contribution in [3.8, 4) is 28.0 Å². The van der Waals surface area contributed by atoms with E-state index in [1.54, 1.807) is 13.8 Å². The summed E-state index contributed by atoms with van der Waals surface area (Å²) in [6, 6.07) is 17.4. The second-order valence-corrected chi connectivity index (χ2v) is 15.4. The standard InChI is InChI=1S/C34H30O9S2/c1-17(2)23-16-32(18(3)10-33(23)44(35,36)37)43-45(38,39)34-27(25-14-21-5-8-30(25)41-21)11-19(24-13-20-4-7-29(24)40-20)12-28(34)26-15-22-6-9-31(26)42-22/h5-6,8-12,14-17,20,24,29H,4,7,13H2,1-3H3,(H,35,36,37). The van der Waals surface area contributed by atoms with E-state index in [0.717, 1.165) is 24.8 Å². The summed E-state index contributed by atoms with van der Waals surface area (Å²) >= 11 is 0. The van der Waals surface area contributed by atoms with Crippen LogP contribution >= 0.6 is 0 Å². The number of fused-ring (bicyclic) bond motifs is 6. The Labute approximate surface area is 260 Å². The van der Waals surface area contributed by atoms with E-state index in [9.17, 15) is 21.4 Å². The molecule has 6 bridgehead atoms. The number of hydrogen-bond acceptors (Lipinski definition) is 8. The maximum absolute atomic E-state index is 14.6. The number of furan rings is 4. The molecule has 3 unspecified atom stereocenters. The van der Waals surface area contributed by atoms with Gasteiger partial charge in [0.05, 0.1) is 17.1 Å². The van der Waals surface area contributed by atoms with Gasteiger partial charge in [-0.3, -0.25) is 4.55 Å². The number of hydrogen-bond donors (Lipinski definition) is 1. The van der Waals surface area contributed by atoms with E-state index in [1.165, 1.54) is 19.1 Å². The average Bonchev–Trinajstić information content (AvgIpc) is 3.85. The second kappa shape index (κ2) is 9.80. The molecule has 2 aliphatic heterocycles. The van der Waals surface area contributed by atoms with Gasteiger partial charge in [0.25, 0.3) is 10.1 Å². The molecule has 2 aliphatic rings. The van der Waals surface area contributed by atoms with Crippen LogP contribution in [0, 0.1) is 6.92 Å². The molecule has 1 N–H and O–H groups in total. The Balaban J connectivity index is 1.36. The van der Waals surface area contributed by atoms with Crippen molar-refractivity contribution in [1.29, 1.82) is 0 Å². The van der Waals surface area contributed by atoms with Gasteiger partial charge >= 0.3 is 10.1 Å². The third-order valence-corrected chi connectivity index (χ3v) is 11.5. The first-order valence-electron chi connectivity index (χ1n) is 14.9. The molecule has 0 spiro atoms. The lowest BCUT2D eigenvalue weighted by molar-refractivity contribution is 0.101. The molecule has 6 heterocycles. The average molecular weight is 647 g/mol. The fourth-order valence-electron chi connectivity index (χ4n) is 7.12. The van der Waals surface area contributed by atoms with Gasteiger partial charge in [-0.15, -0.1) is 0 Å². The first-order chi connectivity index (χ1) is 21.4. The molecule has 9 nitrogen and oxygen atoms in total. The largest absolute Gasteiger partial charge is 0.457 e. The Hall–Kier alpha value is -3.90. The quantitative estimate of drug-likeness (QED) is 0.130. The van der Waals surface area contributed by atoms with Crippen molar-refractivity contribution in [3.05, 3.63) is 77.4 Å². The smallest absolute Gasteiger partial charge is 0.340 e. The molecule has 2 saturated heterocycles. The lowest BCUT2D eigenvalue weighted by atomic mass is 9.81. The van der Waals surface area contributed by atoms with E-state index in [4.69, 9.17) is 17.8 Å². The van der Waals surface area contributed by atoms with Crippen LogP contribution in [0.1, 0.15) is 61.6 Å². The van der Waals surface area contributed by atoms with Crippen LogP contribution in [-0.4, -0.2) is 33.6 Å². The van der Waals surface area contributed by atoms with Gasteiger partial charge in [-0.05, 0) is 109 Å². The summed E-state index contributed by atoms with van der Waals surface area (Å²) in [6.07, 6.45) is 3.09. The third kappa shape index (κ3) is 4.63. The Kier molecular flexibility index (Phi) is 6.22. The Morgan fingerprint density at radius 1 is 0.822 bits per heavy atom. The van der Waals surface area contributed by atoms with Crippen LogP contribution in [0.15, 0.2) is 79.3 Å². The molecule has 0 aliphatic carbocycles. The maximum Gasteiger partial charge on any atom is 0.340 e. The van der Waals surface area contributed by atoms with E-state index < -0.39 is 20.2 Å². The molecule has 0 amide bonds. The van der Waals surface area contributed by atoms with Gasteiger partial charge in [0.15, 0.2) is 0 Å². The van der Waals surface area contributed by atoms with Crippen LogP contribution in [0.3, 0.4) is 0 Å². The zero-order chi connectivity index (χ0) is 31.4.